The van der Waals surface area contributed by atoms with E-state index in [-0.39, 0.29) is 0 Å². The molecule has 0 unspecified atom stereocenters. The molecule has 0 bridgehead atoms. The monoisotopic (exact) mass is 189 g/mol. The third kappa shape index (κ3) is 1.59. The second kappa shape index (κ2) is 3.49. The first-order valence-electron chi connectivity index (χ1n) is 4.39. The van der Waals surface area contributed by atoms with E-state index < -0.39 is 0 Å². The number of aromatic nitrogens is 2. The highest BCUT2D eigenvalue weighted by Gasteiger charge is 2.05. The van der Waals surface area contributed by atoms with Crippen molar-refractivity contribution in [3.8, 4) is 0 Å². The van der Waals surface area contributed by atoms with Crippen molar-refractivity contribution in [2.45, 2.75) is 13.8 Å². The smallest absolute Gasteiger partial charge is 0.198 e. The minimum Gasteiger partial charge on any atom is -0.336 e. The maximum Gasteiger partial charge on any atom is 0.198 e. The van der Waals surface area contributed by atoms with E-state index in [1.807, 2.05) is 38.1 Å². The number of rotatable bonds is 2. The van der Waals surface area contributed by atoms with Gasteiger partial charge in [-0.15, -0.1) is 0 Å². The van der Waals surface area contributed by atoms with Gasteiger partial charge in [0, 0.05) is 5.69 Å². The van der Waals surface area contributed by atoms with E-state index in [0.29, 0.717) is 5.82 Å². The summed E-state index contributed by atoms with van der Waals surface area (Å²) in [5.74, 6) is 0.666. The summed E-state index contributed by atoms with van der Waals surface area (Å²) in [5.41, 5.74) is 2.94. The van der Waals surface area contributed by atoms with Crippen LogP contribution in [0.1, 0.15) is 11.3 Å². The third-order valence-corrected chi connectivity index (χ3v) is 2.05. The van der Waals surface area contributed by atoms with E-state index in [2.05, 4.69) is 20.3 Å². The summed E-state index contributed by atoms with van der Waals surface area (Å²) in [5, 5.41) is 10.6. The fraction of sp³-hybridized carbons (Fsp3) is 0.200. The van der Waals surface area contributed by atoms with Gasteiger partial charge in [0.2, 0.25) is 0 Å². The van der Waals surface area contributed by atoms with E-state index in [4.69, 9.17) is 0 Å². The highest BCUT2D eigenvalue weighted by atomic mass is 16.6. The molecule has 0 spiro atoms. The summed E-state index contributed by atoms with van der Waals surface area (Å²) in [6, 6.07) is 7.99. The van der Waals surface area contributed by atoms with Gasteiger partial charge in [0.25, 0.3) is 0 Å². The molecule has 0 saturated carbocycles. The van der Waals surface area contributed by atoms with Crippen LogP contribution in [-0.4, -0.2) is 10.3 Å². The van der Waals surface area contributed by atoms with E-state index >= 15 is 0 Å². The summed E-state index contributed by atoms with van der Waals surface area (Å²) in [7, 11) is 0. The number of hydrogen-bond acceptors (Lipinski definition) is 4. The number of aryl methyl sites for hydroxylation is 2. The Morgan fingerprint density at radius 2 is 1.93 bits per heavy atom. The summed E-state index contributed by atoms with van der Waals surface area (Å²) in [6.07, 6.45) is 0. The number of benzene rings is 1. The molecular weight excluding hydrogens is 178 g/mol. The molecule has 4 heteroatoms. The zero-order valence-electron chi connectivity index (χ0n) is 8.11. The predicted molar refractivity (Wildman–Crippen MR) is 53.5 cm³/mol. The number of hydrogen-bond donors (Lipinski definition) is 1. The van der Waals surface area contributed by atoms with Crippen molar-refractivity contribution in [1.82, 2.24) is 10.3 Å². The molecule has 0 aliphatic heterocycles. The standard InChI is InChI=1S/C10H11N3O/c1-7-5-3-4-6-9(7)11-10-8(2)12-14-13-10/h3-6H,1-2H3,(H,11,13). The topological polar surface area (TPSA) is 51.0 Å². The van der Waals surface area contributed by atoms with Gasteiger partial charge in [-0.05, 0) is 30.6 Å². The van der Waals surface area contributed by atoms with E-state index in [0.717, 1.165) is 16.9 Å². The number of para-hydroxylation sites is 1. The van der Waals surface area contributed by atoms with E-state index in [1.165, 1.54) is 0 Å². The van der Waals surface area contributed by atoms with Crippen LogP contribution in [0.15, 0.2) is 28.9 Å². The van der Waals surface area contributed by atoms with Crippen LogP contribution in [0.2, 0.25) is 0 Å². The Bertz CT molecular complexity index is 436. The molecule has 0 saturated heterocycles. The zero-order chi connectivity index (χ0) is 9.97. The quantitative estimate of drug-likeness (QED) is 0.788. The van der Waals surface area contributed by atoms with E-state index in [9.17, 15) is 0 Å². The minimum atomic E-state index is 0.666. The molecule has 1 heterocycles. The predicted octanol–water partition coefficient (Wildman–Crippen LogP) is 2.43. The molecule has 1 aromatic heterocycles. The van der Waals surface area contributed by atoms with Crippen LogP contribution in [0, 0.1) is 13.8 Å². The fourth-order valence-electron chi connectivity index (χ4n) is 1.19. The van der Waals surface area contributed by atoms with Gasteiger partial charge in [0.05, 0.1) is 0 Å². The molecule has 14 heavy (non-hydrogen) atoms. The lowest BCUT2D eigenvalue weighted by molar-refractivity contribution is 0.306. The molecular formula is C10H11N3O. The molecule has 0 atom stereocenters. The average Bonchev–Trinajstić information content (AvgIpc) is 2.56. The van der Waals surface area contributed by atoms with Gasteiger partial charge in [-0.2, -0.15) is 0 Å². The summed E-state index contributed by atoms with van der Waals surface area (Å²) in [4.78, 5) is 0. The molecule has 2 rings (SSSR count). The van der Waals surface area contributed by atoms with Crippen molar-refractivity contribution < 1.29 is 4.63 Å². The van der Waals surface area contributed by atoms with Crippen LogP contribution in [0.4, 0.5) is 11.5 Å². The number of nitrogens with one attached hydrogen (secondary N) is 1. The summed E-state index contributed by atoms with van der Waals surface area (Å²) in [6.45, 7) is 3.88. The average molecular weight is 189 g/mol. The Morgan fingerprint density at radius 1 is 1.14 bits per heavy atom. The highest BCUT2D eigenvalue weighted by Crippen LogP contribution is 2.19. The Morgan fingerprint density at radius 3 is 2.57 bits per heavy atom. The third-order valence-electron chi connectivity index (χ3n) is 2.05. The van der Waals surface area contributed by atoms with Gasteiger partial charge in [0.15, 0.2) is 5.82 Å². The van der Waals surface area contributed by atoms with Gasteiger partial charge in [-0.1, -0.05) is 23.4 Å². The molecule has 0 aliphatic rings. The molecule has 72 valence electrons. The second-order valence-electron chi connectivity index (χ2n) is 3.14. The van der Waals surface area contributed by atoms with Gasteiger partial charge >= 0.3 is 0 Å². The maximum atomic E-state index is 4.59. The summed E-state index contributed by atoms with van der Waals surface area (Å²) < 4.78 is 4.59. The molecule has 4 nitrogen and oxygen atoms in total. The van der Waals surface area contributed by atoms with Crippen molar-refractivity contribution in [2.24, 2.45) is 0 Å². The number of anilines is 2. The lowest BCUT2D eigenvalue weighted by Crippen LogP contribution is -1.94. The van der Waals surface area contributed by atoms with Crippen LogP contribution in [0.3, 0.4) is 0 Å². The minimum absolute atomic E-state index is 0.666. The van der Waals surface area contributed by atoms with Crippen LogP contribution >= 0.6 is 0 Å². The summed E-state index contributed by atoms with van der Waals surface area (Å²) >= 11 is 0. The van der Waals surface area contributed by atoms with Crippen LogP contribution in [0.25, 0.3) is 0 Å². The van der Waals surface area contributed by atoms with Gasteiger partial charge in [-0.25, -0.2) is 4.63 Å². The molecule has 1 N–H and O–H groups in total. The van der Waals surface area contributed by atoms with Crippen molar-refractivity contribution in [3.05, 3.63) is 35.5 Å². The molecule has 0 amide bonds. The van der Waals surface area contributed by atoms with Crippen molar-refractivity contribution in [3.63, 3.8) is 0 Å². The Balaban J connectivity index is 2.28. The molecule has 1 aromatic carbocycles. The van der Waals surface area contributed by atoms with Gasteiger partial charge in [0.1, 0.15) is 5.69 Å². The van der Waals surface area contributed by atoms with Crippen LogP contribution in [0.5, 0.6) is 0 Å². The first-order chi connectivity index (χ1) is 6.77. The lowest BCUT2D eigenvalue weighted by Gasteiger charge is -2.05. The molecule has 2 aromatic rings. The van der Waals surface area contributed by atoms with Crippen LogP contribution in [-0.2, 0) is 0 Å². The molecule has 0 aliphatic carbocycles. The maximum absolute atomic E-state index is 4.59. The van der Waals surface area contributed by atoms with Gasteiger partial charge < -0.3 is 5.32 Å². The first-order valence-corrected chi connectivity index (χ1v) is 4.39. The number of nitrogens with zero attached hydrogens (tertiary/aromatic N) is 2. The molecule has 0 radical (unpaired) electrons. The Labute approximate surface area is 81.9 Å². The van der Waals surface area contributed by atoms with Crippen molar-refractivity contribution in [1.29, 1.82) is 0 Å². The SMILES string of the molecule is Cc1ccccc1Nc1nonc1C. The van der Waals surface area contributed by atoms with E-state index in [1.54, 1.807) is 0 Å². The lowest BCUT2D eigenvalue weighted by atomic mass is 10.2. The van der Waals surface area contributed by atoms with Crippen molar-refractivity contribution >= 4 is 11.5 Å². The Kier molecular flexibility index (Phi) is 2.18. The molecule has 0 fully saturated rings. The zero-order valence-corrected chi connectivity index (χ0v) is 8.11. The Hall–Kier alpha value is -1.84. The second-order valence-corrected chi connectivity index (χ2v) is 3.14. The largest absolute Gasteiger partial charge is 0.336 e. The normalized spacial score (nSPS) is 10.1. The fourth-order valence-corrected chi connectivity index (χ4v) is 1.19. The van der Waals surface area contributed by atoms with Crippen LogP contribution < -0.4 is 5.32 Å². The highest BCUT2D eigenvalue weighted by molar-refractivity contribution is 5.60. The first kappa shape index (κ1) is 8.74. The van der Waals surface area contributed by atoms with Crippen molar-refractivity contribution in [2.75, 3.05) is 5.32 Å². The van der Waals surface area contributed by atoms with Gasteiger partial charge in [-0.3, -0.25) is 0 Å².